The molecular formula is C23H28FN3O3S. The van der Waals surface area contributed by atoms with Crippen LogP contribution in [0.25, 0.3) is 0 Å². The van der Waals surface area contributed by atoms with Gasteiger partial charge in [0.1, 0.15) is 24.7 Å². The standard InChI is InChI=1S/C23H28FN3O3S/c1-3-11-25-23(29)26(12-4-2)15-22(28)27-13-9-21-19(10-14-31-21)20(27)16-30-18-7-5-17(24)6-8-18/h4-8,10,14,20H,2-3,9,11-13,15-16H2,1H3,(H,25,29)/t20-/m1/s1. The van der Waals surface area contributed by atoms with Gasteiger partial charge in [0, 0.05) is 24.5 Å². The van der Waals surface area contributed by atoms with Crippen molar-refractivity contribution >= 4 is 23.3 Å². The van der Waals surface area contributed by atoms with Crippen LogP contribution in [0.1, 0.15) is 29.8 Å². The summed E-state index contributed by atoms with van der Waals surface area (Å²) in [6, 6.07) is 7.31. The molecule has 1 aliphatic heterocycles. The Morgan fingerprint density at radius 2 is 2.13 bits per heavy atom. The Labute approximate surface area is 186 Å². The Kier molecular flexibility index (Phi) is 8.06. The molecule has 3 rings (SSSR count). The maximum absolute atomic E-state index is 13.2. The predicted octanol–water partition coefficient (Wildman–Crippen LogP) is 4.00. The van der Waals surface area contributed by atoms with Gasteiger partial charge in [-0.2, -0.15) is 0 Å². The SMILES string of the molecule is C=CCN(CC(=O)N1CCc2sccc2[C@H]1COc1ccc(F)cc1)C(=O)NCCC. The lowest BCUT2D eigenvalue weighted by Crippen LogP contribution is -2.50. The van der Waals surface area contributed by atoms with E-state index in [-0.39, 0.29) is 43.5 Å². The maximum Gasteiger partial charge on any atom is 0.318 e. The van der Waals surface area contributed by atoms with Crippen molar-refractivity contribution in [1.29, 1.82) is 0 Å². The van der Waals surface area contributed by atoms with Crippen LogP contribution in [0.15, 0.2) is 48.4 Å². The highest BCUT2D eigenvalue weighted by atomic mass is 32.1. The quantitative estimate of drug-likeness (QED) is 0.594. The fourth-order valence-electron chi connectivity index (χ4n) is 3.55. The summed E-state index contributed by atoms with van der Waals surface area (Å²) < 4.78 is 19.1. The van der Waals surface area contributed by atoms with E-state index in [0.29, 0.717) is 18.8 Å². The molecule has 6 nitrogen and oxygen atoms in total. The molecular weight excluding hydrogens is 417 g/mol. The first-order valence-electron chi connectivity index (χ1n) is 10.4. The highest BCUT2D eigenvalue weighted by Gasteiger charge is 2.33. The number of amides is 3. The van der Waals surface area contributed by atoms with Gasteiger partial charge < -0.3 is 19.9 Å². The molecule has 1 aliphatic rings. The second-order valence-corrected chi connectivity index (χ2v) is 8.32. The number of ether oxygens (including phenoxy) is 1. The number of nitrogens with one attached hydrogen (secondary N) is 1. The van der Waals surface area contributed by atoms with Crippen LogP contribution in [0.4, 0.5) is 9.18 Å². The lowest BCUT2D eigenvalue weighted by atomic mass is 10.0. The molecule has 31 heavy (non-hydrogen) atoms. The van der Waals surface area contributed by atoms with Crippen molar-refractivity contribution < 1.29 is 18.7 Å². The molecule has 0 radical (unpaired) electrons. The highest BCUT2D eigenvalue weighted by molar-refractivity contribution is 7.10. The number of thiophene rings is 1. The second-order valence-electron chi connectivity index (χ2n) is 7.32. The van der Waals surface area contributed by atoms with Crippen LogP contribution in [0, 0.1) is 5.82 Å². The van der Waals surface area contributed by atoms with E-state index in [1.165, 1.54) is 21.9 Å². The third-order valence-corrected chi connectivity index (χ3v) is 6.12. The van der Waals surface area contributed by atoms with Gasteiger partial charge in [-0.25, -0.2) is 9.18 Å². The zero-order chi connectivity index (χ0) is 22.2. The van der Waals surface area contributed by atoms with E-state index in [9.17, 15) is 14.0 Å². The fraction of sp³-hybridized carbons (Fsp3) is 0.391. The van der Waals surface area contributed by atoms with E-state index in [0.717, 1.165) is 18.4 Å². The van der Waals surface area contributed by atoms with Gasteiger partial charge >= 0.3 is 6.03 Å². The number of fused-ring (bicyclic) bond motifs is 1. The molecule has 1 atom stereocenters. The van der Waals surface area contributed by atoms with Gasteiger partial charge in [-0.1, -0.05) is 13.0 Å². The van der Waals surface area contributed by atoms with Gasteiger partial charge in [0.25, 0.3) is 0 Å². The summed E-state index contributed by atoms with van der Waals surface area (Å²) in [6.45, 7) is 7.29. The Morgan fingerprint density at radius 1 is 1.35 bits per heavy atom. The minimum atomic E-state index is -0.328. The summed E-state index contributed by atoms with van der Waals surface area (Å²) >= 11 is 1.67. The predicted molar refractivity (Wildman–Crippen MR) is 120 cm³/mol. The zero-order valence-electron chi connectivity index (χ0n) is 17.7. The minimum absolute atomic E-state index is 0.0336. The van der Waals surface area contributed by atoms with Gasteiger partial charge in [0.05, 0.1) is 6.04 Å². The van der Waals surface area contributed by atoms with Crippen LogP contribution in [0.5, 0.6) is 5.75 Å². The molecule has 0 fully saturated rings. The second kappa shape index (κ2) is 10.9. The first-order valence-corrected chi connectivity index (χ1v) is 11.3. The topological polar surface area (TPSA) is 61.9 Å². The lowest BCUT2D eigenvalue weighted by Gasteiger charge is -2.37. The lowest BCUT2D eigenvalue weighted by molar-refractivity contribution is -0.135. The molecule has 2 aromatic rings. The van der Waals surface area contributed by atoms with Crippen LogP contribution in [0.2, 0.25) is 0 Å². The summed E-state index contributed by atoms with van der Waals surface area (Å²) in [5.41, 5.74) is 1.07. The molecule has 0 aliphatic carbocycles. The molecule has 1 N–H and O–H groups in total. The van der Waals surface area contributed by atoms with E-state index in [4.69, 9.17) is 4.74 Å². The molecule has 0 bridgehead atoms. The Bertz CT molecular complexity index is 900. The molecule has 0 saturated heterocycles. The van der Waals surface area contributed by atoms with Crippen LogP contribution in [0.3, 0.4) is 0 Å². The molecule has 8 heteroatoms. The monoisotopic (exact) mass is 445 g/mol. The zero-order valence-corrected chi connectivity index (χ0v) is 18.5. The van der Waals surface area contributed by atoms with Crippen molar-refractivity contribution in [2.45, 2.75) is 25.8 Å². The number of carbonyl (C=O) groups excluding carboxylic acids is 2. The summed E-state index contributed by atoms with van der Waals surface area (Å²) in [6.07, 6.45) is 3.20. The van der Waals surface area contributed by atoms with Gasteiger partial charge in [-0.05, 0) is 54.1 Å². The minimum Gasteiger partial charge on any atom is -0.491 e. The highest BCUT2D eigenvalue weighted by Crippen LogP contribution is 2.34. The fourth-order valence-corrected chi connectivity index (χ4v) is 4.48. The molecule has 1 aromatic heterocycles. The van der Waals surface area contributed by atoms with E-state index in [1.807, 2.05) is 18.4 Å². The third-order valence-electron chi connectivity index (χ3n) is 5.13. The molecule has 1 aromatic carbocycles. The number of halogens is 1. The molecule has 0 spiro atoms. The van der Waals surface area contributed by atoms with Crippen LogP contribution in [-0.4, -0.2) is 54.5 Å². The normalized spacial score (nSPS) is 15.2. The van der Waals surface area contributed by atoms with Gasteiger partial charge in [-0.15, -0.1) is 17.9 Å². The number of benzene rings is 1. The summed E-state index contributed by atoms with van der Waals surface area (Å²) in [5.74, 6) is 0.0760. The number of nitrogens with zero attached hydrogens (tertiary/aromatic N) is 2. The van der Waals surface area contributed by atoms with E-state index < -0.39 is 0 Å². The summed E-state index contributed by atoms with van der Waals surface area (Å²) in [7, 11) is 0. The maximum atomic E-state index is 13.2. The Hall–Kier alpha value is -2.87. The third kappa shape index (κ3) is 5.85. The molecule has 2 heterocycles. The van der Waals surface area contributed by atoms with Crippen molar-refractivity contribution in [3.05, 3.63) is 64.6 Å². The van der Waals surface area contributed by atoms with Crippen LogP contribution < -0.4 is 10.1 Å². The average Bonchev–Trinajstić information content (AvgIpc) is 3.25. The number of urea groups is 1. The number of hydrogen-bond donors (Lipinski definition) is 1. The summed E-state index contributed by atoms with van der Waals surface area (Å²) in [4.78, 5) is 30.1. The number of hydrogen-bond acceptors (Lipinski definition) is 4. The van der Waals surface area contributed by atoms with Crippen molar-refractivity contribution in [2.24, 2.45) is 0 Å². The van der Waals surface area contributed by atoms with Gasteiger partial charge in [-0.3, -0.25) is 4.79 Å². The Balaban J connectivity index is 1.73. The largest absolute Gasteiger partial charge is 0.491 e. The van der Waals surface area contributed by atoms with Crippen molar-refractivity contribution in [3.8, 4) is 5.75 Å². The summed E-state index contributed by atoms with van der Waals surface area (Å²) in [5, 5.41) is 4.83. The van der Waals surface area contributed by atoms with Crippen LogP contribution in [-0.2, 0) is 11.2 Å². The van der Waals surface area contributed by atoms with E-state index >= 15 is 0 Å². The van der Waals surface area contributed by atoms with Crippen molar-refractivity contribution in [2.75, 3.05) is 32.8 Å². The van der Waals surface area contributed by atoms with Gasteiger partial charge in [0.15, 0.2) is 0 Å². The van der Waals surface area contributed by atoms with E-state index in [2.05, 4.69) is 11.9 Å². The molecule has 0 unspecified atom stereocenters. The number of carbonyl (C=O) groups is 2. The van der Waals surface area contributed by atoms with E-state index in [1.54, 1.807) is 34.4 Å². The van der Waals surface area contributed by atoms with Crippen molar-refractivity contribution in [3.63, 3.8) is 0 Å². The Morgan fingerprint density at radius 3 is 2.84 bits per heavy atom. The number of rotatable bonds is 9. The average molecular weight is 446 g/mol. The first kappa shape index (κ1) is 22.8. The first-order chi connectivity index (χ1) is 15.0. The molecule has 0 saturated carbocycles. The van der Waals surface area contributed by atoms with Crippen molar-refractivity contribution in [1.82, 2.24) is 15.1 Å². The molecule has 3 amide bonds. The van der Waals surface area contributed by atoms with Crippen LogP contribution >= 0.6 is 11.3 Å². The molecule has 166 valence electrons. The van der Waals surface area contributed by atoms with Gasteiger partial charge in [0.2, 0.25) is 5.91 Å². The smallest absolute Gasteiger partial charge is 0.318 e.